The Morgan fingerprint density at radius 1 is 1.00 bits per heavy atom. The van der Waals surface area contributed by atoms with E-state index in [1.54, 1.807) is 18.2 Å². The molecule has 1 aromatic heterocycles. The lowest BCUT2D eigenvalue weighted by Gasteiger charge is -2.14. The van der Waals surface area contributed by atoms with Gasteiger partial charge in [0, 0.05) is 18.7 Å². The molecule has 3 N–H and O–H groups in total. The fourth-order valence-electron chi connectivity index (χ4n) is 2.86. The van der Waals surface area contributed by atoms with Crippen LogP contribution in [0.4, 0.5) is 17.6 Å². The summed E-state index contributed by atoms with van der Waals surface area (Å²) in [7, 11) is 0. The topological polar surface area (TPSA) is 68.0 Å². The first-order valence-corrected chi connectivity index (χ1v) is 9.64. The van der Waals surface area contributed by atoms with Crippen molar-refractivity contribution in [3.63, 3.8) is 0 Å². The largest absolute Gasteiger partial charge is 0.417 e. The zero-order valence-corrected chi connectivity index (χ0v) is 17.2. The third-order valence-corrected chi connectivity index (χ3v) is 5.09. The molecule has 3 rings (SSSR count). The van der Waals surface area contributed by atoms with Crippen LogP contribution in [0.25, 0.3) is 11.3 Å². The average Bonchev–Trinajstić information content (AvgIpc) is 2.73. The van der Waals surface area contributed by atoms with E-state index in [-0.39, 0.29) is 30.0 Å². The molecule has 0 fully saturated rings. The fraction of sp³-hybridized carbons (Fsp3) is 0.143. The van der Waals surface area contributed by atoms with Gasteiger partial charge in [-0.25, -0.2) is 9.37 Å². The van der Waals surface area contributed by atoms with Gasteiger partial charge in [-0.15, -0.1) is 0 Å². The lowest BCUT2D eigenvalue weighted by atomic mass is 10.0. The molecule has 0 atom stereocenters. The van der Waals surface area contributed by atoms with Crippen LogP contribution in [-0.2, 0) is 19.3 Å². The number of rotatable bonds is 5. The minimum absolute atomic E-state index is 0.0366. The van der Waals surface area contributed by atoms with Crippen LogP contribution in [0, 0.1) is 5.82 Å². The number of nitrogens with one attached hydrogen (secondary N) is 1. The van der Waals surface area contributed by atoms with Crippen molar-refractivity contribution in [1.82, 2.24) is 10.3 Å². The number of carbonyl (C=O) groups is 1. The first-order chi connectivity index (χ1) is 14.6. The van der Waals surface area contributed by atoms with E-state index >= 15 is 0 Å². The van der Waals surface area contributed by atoms with Crippen LogP contribution >= 0.6 is 23.2 Å². The van der Waals surface area contributed by atoms with Gasteiger partial charge in [0.25, 0.3) is 5.91 Å². The van der Waals surface area contributed by atoms with Gasteiger partial charge in [0.1, 0.15) is 11.5 Å². The predicted molar refractivity (Wildman–Crippen MR) is 110 cm³/mol. The van der Waals surface area contributed by atoms with Gasteiger partial charge >= 0.3 is 6.18 Å². The third-order valence-electron chi connectivity index (χ3n) is 4.35. The van der Waals surface area contributed by atoms with Crippen molar-refractivity contribution in [1.29, 1.82) is 0 Å². The Balaban J connectivity index is 1.94. The van der Waals surface area contributed by atoms with Gasteiger partial charge in [0.15, 0.2) is 0 Å². The molecule has 0 saturated carbocycles. The fourth-order valence-corrected chi connectivity index (χ4v) is 3.18. The van der Waals surface area contributed by atoms with E-state index < -0.39 is 23.5 Å². The van der Waals surface area contributed by atoms with Crippen molar-refractivity contribution >= 4 is 29.1 Å². The molecule has 0 aliphatic carbocycles. The Bertz CT molecular complexity index is 1140. The van der Waals surface area contributed by atoms with Gasteiger partial charge in [-0.3, -0.25) is 4.79 Å². The number of nitrogens with two attached hydrogens (primary N) is 1. The summed E-state index contributed by atoms with van der Waals surface area (Å²) in [6, 6.07) is 9.78. The number of hydrogen-bond acceptors (Lipinski definition) is 3. The molecule has 0 saturated heterocycles. The summed E-state index contributed by atoms with van der Waals surface area (Å²) in [4.78, 5) is 16.7. The molecule has 3 aromatic rings. The summed E-state index contributed by atoms with van der Waals surface area (Å²) in [5.74, 6) is -1.66. The van der Waals surface area contributed by atoms with Crippen molar-refractivity contribution < 1.29 is 22.4 Å². The minimum Gasteiger partial charge on any atom is -0.347 e. The summed E-state index contributed by atoms with van der Waals surface area (Å²) >= 11 is 11.8. The second-order valence-electron chi connectivity index (χ2n) is 6.57. The highest BCUT2D eigenvalue weighted by Crippen LogP contribution is 2.37. The van der Waals surface area contributed by atoms with E-state index in [1.807, 2.05) is 0 Å². The van der Waals surface area contributed by atoms with Gasteiger partial charge < -0.3 is 11.1 Å². The summed E-state index contributed by atoms with van der Waals surface area (Å²) in [6.07, 6.45) is -4.81. The van der Waals surface area contributed by atoms with Crippen molar-refractivity contribution in [2.75, 3.05) is 0 Å². The Hall–Kier alpha value is -2.68. The molecule has 0 spiro atoms. The van der Waals surface area contributed by atoms with Crippen LogP contribution in [-0.4, -0.2) is 10.9 Å². The van der Waals surface area contributed by atoms with Gasteiger partial charge in [0.05, 0.1) is 21.3 Å². The number of pyridine rings is 1. The number of benzene rings is 2. The molecule has 0 aliphatic heterocycles. The number of amides is 1. The predicted octanol–water partition coefficient (Wildman–Crippen LogP) is 5.60. The number of carbonyl (C=O) groups excluding carboxylic acids is 1. The van der Waals surface area contributed by atoms with E-state index in [0.29, 0.717) is 27.2 Å². The van der Waals surface area contributed by atoms with E-state index in [4.69, 9.17) is 28.9 Å². The molecule has 4 nitrogen and oxygen atoms in total. The Morgan fingerprint density at radius 3 is 2.39 bits per heavy atom. The molecule has 31 heavy (non-hydrogen) atoms. The summed E-state index contributed by atoms with van der Waals surface area (Å²) in [5.41, 5.74) is 4.87. The Kier molecular flexibility index (Phi) is 6.83. The normalized spacial score (nSPS) is 11.5. The maximum absolute atomic E-state index is 13.4. The van der Waals surface area contributed by atoms with Crippen LogP contribution in [0.5, 0.6) is 0 Å². The van der Waals surface area contributed by atoms with Gasteiger partial charge in [-0.1, -0.05) is 29.3 Å². The second kappa shape index (κ2) is 9.21. The number of aromatic nitrogens is 1. The zero-order valence-electron chi connectivity index (χ0n) is 15.7. The molecule has 0 bridgehead atoms. The number of halogens is 6. The Labute approximate surface area is 185 Å². The van der Waals surface area contributed by atoms with Gasteiger partial charge in [-0.2, -0.15) is 13.2 Å². The van der Waals surface area contributed by atoms with Crippen molar-refractivity contribution in [2.24, 2.45) is 5.73 Å². The maximum Gasteiger partial charge on any atom is 0.417 e. The highest BCUT2D eigenvalue weighted by atomic mass is 35.5. The average molecular weight is 472 g/mol. The number of nitrogens with zero attached hydrogens (tertiary/aromatic N) is 1. The molecule has 0 radical (unpaired) electrons. The first-order valence-electron chi connectivity index (χ1n) is 8.88. The molecular weight excluding hydrogens is 457 g/mol. The van der Waals surface area contributed by atoms with E-state index in [9.17, 15) is 22.4 Å². The second-order valence-corrected chi connectivity index (χ2v) is 7.38. The van der Waals surface area contributed by atoms with Crippen LogP contribution < -0.4 is 11.1 Å². The highest BCUT2D eigenvalue weighted by Gasteiger charge is 2.34. The molecule has 10 heteroatoms. The smallest absolute Gasteiger partial charge is 0.347 e. The van der Waals surface area contributed by atoms with Crippen molar-refractivity contribution in [3.05, 3.63) is 86.8 Å². The Morgan fingerprint density at radius 2 is 1.74 bits per heavy atom. The molecule has 1 amide bonds. The minimum atomic E-state index is -4.81. The monoisotopic (exact) mass is 471 g/mol. The summed E-state index contributed by atoms with van der Waals surface area (Å²) < 4.78 is 53.7. The van der Waals surface area contributed by atoms with Crippen LogP contribution in [0.1, 0.15) is 27.2 Å². The molecule has 2 aromatic carbocycles. The maximum atomic E-state index is 13.4. The quantitative estimate of drug-likeness (QED) is 0.475. The summed E-state index contributed by atoms with van der Waals surface area (Å²) in [6.45, 7) is 0.0507. The van der Waals surface area contributed by atoms with Gasteiger partial charge in [0.2, 0.25) is 0 Å². The molecule has 1 heterocycles. The van der Waals surface area contributed by atoms with Crippen LogP contribution in [0.2, 0.25) is 10.0 Å². The van der Waals surface area contributed by atoms with E-state index in [0.717, 1.165) is 12.1 Å². The molecule has 0 aliphatic rings. The zero-order chi connectivity index (χ0) is 22.8. The molecule has 162 valence electrons. The standard InChI is InChI=1S/C21H15Cl2F4N3O/c22-16-4-1-11(5-17(16)23)10-29-20(31)19-7-12(9-28)6-18(30-19)14-3-2-13(24)8-15(14)21(25,26)27/h1-8H,9-10,28H2,(H,29,31). The van der Waals surface area contributed by atoms with E-state index in [2.05, 4.69) is 10.3 Å². The number of hydrogen-bond donors (Lipinski definition) is 2. The van der Waals surface area contributed by atoms with Crippen LogP contribution in [0.3, 0.4) is 0 Å². The third kappa shape index (κ3) is 5.52. The highest BCUT2D eigenvalue weighted by molar-refractivity contribution is 6.42. The lowest BCUT2D eigenvalue weighted by Crippen LogP contribution is -2.24. The summed E-state index contributed by atoms with van der Waals surface area (Å²) in [5, 5.41) is 3.29. The van der Waals surface area contributed by atoms with Crippen molar-refractivity contribution in [2.45, 2.75) is 19.3 Å². The van der Waals surface area contributed by atoms with Crippen molar-refractivity contribution in [3.8, 4) is 11.3 Å². The molecule has 0 unspecified atom stereocenters. The van der Waals surface area contributed by atoms with E-state index in [1.165, 1.54) is 12.1 Å². The van der Waals surface area contributed by atoms with Gasteiger partial charge in [-0.05, 0) is 53.6 Å². The number of alkyl halides is 3. The first kappa shape index (κ1) is 23.0. The lowest BCUT2D eigenvalue weighted by molar-refractivity contribution is -0.137. The van der Waals surface area contributed by atoms with Crippen LogP contribution in [0.15, 0.2) is 48.5 Å². The SMILES string of the molecule is NCc1cc(C(=O)NCc2ccc(Cl)c(Cl)c2)nc(-c2ccc(F)cc2C(F)(F)F)c1. The molecular formula is C21H15Cl2F4N3O.